The average molecular weight is 398 g/mol. The summed E-state index contributed by atoms with van der Waals surface area (Å²) >= 11 is 0. The predicted molar refractivity (Wildman–Crippen MR) is 102 cm³/mol. The zero-order valence-corrected chi connectivity index (χ0v) is 15.9. The van der Waals surface area contributed by atoms with Gasteiger partial charge in [-0.05, 0) is 56.3 Å². The number of nitrogens with one attached hydrogen (secondary N) is 1. The van der Waals surface area contributed by atoms with Crippen LogP contribution in [0.2, 0.25) is 0 Å². The Hall–Kier alpha value is -3.68. The first-order valence-corrected chi connectivity index (χ1v) is 8.79. The number of carbonyl (C=O) groups excluding carboxylic acids is 2. The van der Waals surface area contributed by atoms with Gasteiger partial charge < -0.3 is 19.3 Å². The van der Waals surface area contributed by atoms with Gasteiger partial charge in [0.25, 0.3) is 5.91 Å². The number of nitrogens with zero attached hydrogens (tertiary/aromatic N) is 1. The Labute approximate surface area is 166 Å². The van der Waals surface area contributed by atoms with Crippen molar-refractivity contribution in [3.8, 4) is 5.75 Å². The summed E-state index contributed by atoms with van der Waals surface area (Å²) in [7, 11) is 0. The van der Waals surface area contributed by atoms with Gasteiger partial charge in [-0.25, -0.2) is 9.18 Å². The van der Waals surface area contributed by atoms with Crippen LogP contribution in [0.15, 0.2) is 53.1 Å². The number of hydrogen-bond acceptors (Lipinski definition) is 6. The number of hydrogen-bond donors (Lipinski definition) is 1. The standard InChI is InChI=1S/C21H19FN2O5/c1-13-19(14(2)29-24-13)11-27-18-5-3-4-15(10-18)21(26)28-12-20(25)23-17-8-6-16(22)7-9-17/h3-10H,11-12H2,1-2H3,(H,23,25). The van der Waals surface area contributed by atoms with Gasteiger partial charge in [0.15, 0.2) is 6.61 Å². The molecule has 7 nitrogen and oxygen atoms in total. The molecule has 0 spiro atoms. The molecule has 8 heteroatoms. The fourth-order valence-electron chi connectivity index (χ4n) is 2.52. The molecule has 1 amide bonds. The number of benzene rings is 2. The molecule has 0 aliphatic carbocycles. The molecule has 2 aromatic carbocycles. The minimum atomic E-state index is -0.665. The van der Waals surface area contributed by atoms with E-state index in [1.165, 1.54) is 30.3 Å². The summed E-state index contributed by atoms with van der Waals surface area (Å²) in [5.74, 6) is -0.468. The quantitative estimate of drug-likeness (QED) is 0.609. The van der Waals surface area contributed by atoms with Crippen LogP contribution in [0.25, 0.3) is 0 Å². The molecule has 0 saturated heterocycles. The number of halogens is 1. The normalized spacial score (nSPS) is 10.4. The van der Waals surface area contributed by atoms with Gasteiger partial charge in [0.2, 0.25) is 0 Å². The molecule has 0 bridgehead atoms. The number of aromatic nitrogens is 1. The van der Waals surface area contributed by atoms with Crippen molar-refractivity contribution < 1.29 is 28.0 Å². The van der Waals surface area contributed by atoms with E-state index in [2.05, 4.69) is 10.5 Å². The van der Waals surface area contributed by atoms with Gasteiger partial charge in [-0.1, -0.05) is 11.2 Å². The van der Waals surface area contributed by atoms with Crippen LogP contribution in [-0.2, 0) is 16.1 Å². The number of ether oxygens (including phenoxy) is 2. The Morgan fingerprint density at radius 2 is 1.90 bits per heavy atom. The number of amides is 1. The van der Waals surface area contributed by atoms with Crippen LogP contribution in [0.3, 0.4) is 0 Å². The smallest absolute Gasteiger partial charge is 0.338 e. The van der Waals surface area contributed by atoms with Crippen molar-refractivity contribution in [1.29, 1.82) is 0 Å². The molecule has 1 aromatic heterocycles. The molecule has 0 atom stereocenters. The molecule has 0 saturated carbocycles. The van der Waals surface area contributed by atoms with E-state index < -0.39 is 24.3 Å². The molecule has 1 N–H and O–H groups in total. The van der Waals surface area contributed by atoms with E-state index in [9.17, 15) is 14.0 Å². The maximum absolute atomic E-state index is 12.9. The molecule has 0 fully saturated rings. The third kappa shape index (κ3) is 5.41. The summed E-state index contributed by atoms with van der Waals surface area (Å²) in [6, 6.07) is 11.7. The van der Waals surface area contributed by atoms with Crippen LogP contribution >= 0.6 is 0 Å². The summed E-state index contributed by atoms with van der Waals surface area (Å²) in [6.45, 7) is 3.39. The molecule has 0 radical (unpaired) electrons. The molecule has 3 aromatic rings. The van der Waals surface area contributed by atoms with E-state index in [-0.39, 0.29) is 12.2 Å². The Balaban J connectivity index is 1.53. The second-order valence-corrected chi connectivity index (χ2v) is 6.25. The van der Waals surface area contributed by atoms with Crippen LogP contribution < -0.4 is 10.1 Å². The Bertz CT molecular complexity index is 995. The molecule has 1 heterocycles. The highest BCUT2D eigenvalue weighted by atomic mass is 19.1. The van der Waals surface area contributed by atoms with Crippen molar-refractivity contribution in [2.45, 2.75) is 20.5 Å². The number of esters is 1. The Morgan fingerprint density at radius 3 is 2.59 bits per heavy atom. The molecule has 0 unspecified atom stereocenters. The van der Waals surface area contributed by atoms with Crippen LogP contribution in [0.4, 0.5) is 10.1 Å². The second-order valence-electron chi connectivity index (χ2n) is 6.25. The maximum Gasteiger partial charge on any atom is 0.338 e. The summed E-state index contributed by atoms with van der Waals surface area (Å²) in [6.07, 6.45) is 0. The van der Waals surface area contributed by atoms with E-state index in [0.29, 0.717) is 17.2 Å². The average Bonchev–Trinajstić information content (AvgIpc) is 3.04. The fourth-order valence-corrected chi connectivity index (χ4v) is 2.52. The van der Waals surface area contributed by atoms with E-state index >= 15 is 0 Å². The van der Waals surface area contributed by atoms with Crippen molar-refractivity contribution in [3.05, 3.63) is 76.9 Å². The van der Waals surface area contributed by atoms with Gasteiger partial charge in [-0.3, -0.25) is 4.79 Å². The van der Waals surface area contributed by atoms with Crippen molar-refractivity contribution in [2.75, 3.05) is 11.9 Å². The zero-order chi connectivity index (χ0) is 20.8. The number of anilines is 1. The lowest BCUT2D eigenvalue weighted by Crippen LogP contribution is -2.20. The SMILES string of the molecule is Cc1noc(C)c1COc1cccc(C(=O)OCC(=O)Nc2ccc(F)cc2)c1. The van der Waals surface area contributed by atoms with Crippen LogP contribution in [0, 0.1) is 19.7 Å². The number of carbonyl (C=O) groups is 2. The molecule has 0 aliphatic rings. The zero-order valence-electron chi connectivity index (χ0n) is 15.9. The predicted octanol–water partition coefficient (Wildman–Crippen LogP) is 3.81. The lowest BCUT2D eigenvalue weighted by molar-refractivity contribution is -0.119. The minimum Gasteiger partial charge on any atom is -0.489 e. The van der Waals surface area contributed by atoms with Crippen LogP contribution in [-0.4, -0.2) is 23.6 Å². The maximum atomic E-state index is 12.9. The van der Waals surface area contributed by atoms with Crippen LogP contribution in [0.1, 0.15) is 27.4 Å². The summed E-state index contributed by atoms with van der Waals surface area (Å²) in [4.78, 5) is 24.1. The van der Waals surface area contributed by atoms with E-state index in [1.807, 2.05) is 6.92 Å². The summed E-state index contributed by atoms with van der Waals surface area (Å²) in [5.41, 5.74) is 2.23. The Morgan fingerprint density at radius 1 is 1.14 bits per heavy atom. The molecular formula is C21H19FN2O5. The van der Waals surface area contributed by atoms with E-state index in [4.69, 9.17) is 14.0 Å². The lowest BCUT2D eigenvalue weighted by atomic mass is 10.2. The summed E-state index contributed by atoms with van der Waals surface area (Å²) < 4.78 is 28.7. The molecule has 0 aliphatic heterocycles. The van der Waals surface area contributed by atoms with Crippen LogP contribution in [0.5, 0.6) is 5.75 Å². The third-order valence-corrected chi connectivity index (χ3v) is 4.10. The van der Waals surface area contributed by atoms with E-state index in [1.54, 1.807) is 25.1 Å². The van der Waals surface area contributed by atoms with Gasteiger partial charge in [-0.15, -0.1) is 0 Å². The van der Waals surface area contributed by atoms with Gasteiger partial charge >= 0.3 is 5.97 Å². The monoisotopic (exact) mass is 398 g/mol. The highest BCUT2D eigenvalue weighted by Crippen LogP contribution is 2.19. The molecular weight excluding hydrogens is 379 g/mol. The molecule has 3 rings (SSSR count). The topological polar surface area (TPSA) is 90.7 Å². The first-order valence-electron chi connectivity index (χ1n) is 8.79. The number of rotatable bonds is 7. The van der Waals surface area contributed by atoms with Gasteiger partial charge in [-0.2, -0.15) is 0 Å². The highest BCUT2D eigenvalue weighted by Gasteiger charge is 2.13. The van der Waals surface area contributed by atoms with Crippen molar-refractivity contribution in [1.82, 2.24) is 5.16 Å². The second kappa shape index (κ2) is 9.01. The van der Waals surface area contributed by atoms with Crippen molar-refractivity contribution in [2.24, 2.45) is 0 Å². The van der Waals surface area contributed by atoms with Gasteiger partial charge in [0, 0.05) is 5.69 Å². The molecule has 29 heavy (non-hydrogen) atoms. The molecule has 150 valence electrons. The third-order valence-electron chi connectivity index (χ3n) is 4.10. The first-order chi connectivity index (χ1) is 13.9. The van der Waals surface area contributed by atoms with E-state index in [0.717, 1.165) is 11.3 Å². The minimum absolute atomic E-state index is 0.246. The summed E-state index contributed by atoms with van der Waals surface area (Å²) in [5, 5.41) is 6.38. The van der Waals surface area contributed by atoms with Gasteiger partial charge in [0.1, 0.15) is 23.9 Å². The fraction of sp³-hybridized carbons (Fsp3) is 0.190. The van der Waals surface area contributed by atoms with Crippen molar-refractivity contribution in [3.63, 3.8) is 0 Å². The number of aryl methyl sites for hydroxylation is 2. The van der Waals surface area contributed by atoms with Crippen molar-refractivity contribution >= 4 is 17.6 Å². The highest BCUT2D eigenvalue weighted by molar-refractivity contribution is 5.95. The largest absolute Gasteiger partial charge is 0.489 e. The van der Waals surface area contributed by atoms with Gasteiger partial charge in [0.05, 0.1) is 16.8 Å². The first kappa shape index (κ1) is 20.1. The Kier molecular flexibility index (Phi) is 6.23. The lowest BCUT2D eigenvalue weighted by Gasteiger charge is -2.09.